The summed E-state index contributed by atoms with van der Waals surface area (Å²) in [7, 11) is 0. The maximum atomic E-state index is 14.7. The summed E-state index contributed by atoms with van der Waals surface area (Å²) in [4.78, 5) is 25.0. The number of aromatic nitrogens is 6. The Balaban J connectivity index is 1.22. The van der Waals surface area contributed by atoms with Crippen LogP contribution in [-0.4, -0.2) is 54.3 Å². The first-order valence-corrected chi connectivity index (χ1v) is 13.0. The van der Waals surface area contributed by atoms with Crippen LogP contribution in [0.25, 0.3) is 0 Å². The Morgan fingerprint density at radius 1 is 0.952 bits per heavy atom. The fourth-order valence-corrected chi connectivity index (χ4v) is 4.03. The minimum atomic E-state index is -4.82. The topological polar surface area (TPSA) is 129 Å². The summed E-state index contributed by atoms with van der Waals surface area (Å²) in [6.45, 7) is 1.84. The molecule has 2 N–H and O–H groups in total. The summed E-state index contributed by atoms with van der Waals surface area (Å²) in [5.41, 5.74) is 1.37. The molecular weight excluding hydrogens is 560 g/mol. The van der Waals surface area contributed by atoms with Crippen molar-refractivity contribution in [2.75, 3.05) is 0 Å². The van der Waals surface area contributed by atoms with Gasteiger partial charge in [0.15, 0.2) is 11.4 Å². The van der Waals surface area contributed by atoms with Crippen LogP contribution in [0, 0.1) is 0 Å². The Labute approximate surface area is 237 Å². The molecule has 4 rings (SSSR count). The smallest absolute Gasteiger partial charge is 0.406 e. The molecule has 0 aliphatic heterocycles. The van der Waals surface area contributed by atoms with Crippen molar-refractivity contribution in [1.82, 2.24) is 40.6 Å². The van der Waals surface area contributed by atoms with Gasteiger partial charge in [0, 0.05) is 19.5 Å². The third-order valence-electron chi connectivity index (χ3n) is 6.10. The van der Waals surface area contributed by atoms with Crippen molar-refractivity contribution in [3.63, 3.8) is 0 Å². The second-order valence-electron chi connectivity index (χ2n) is 9.30. The van der Waals surface area contributed by atoms with Gasteiger partial charge in [0.05, 0.1) is 25.0 Å². The number of alkyl halides is 4. The van der Waals surface area contributed by atoms with Crippen LogP contribution in [0.4, 0.5) is 17.6 Å². The lowest BCUT2D eigenvalue weighted by Crippen LogP contribution is -2.28. The van der Waals surface area contributed by atoms with E-state index in [9.17, 15) is 27.2 Å². The number of halogens is 4. The van der Waals surface area contributed by atoms with Gasteiger partial charge in [-0.25, -0.2) is 9.07 Å². The molecule has 0 bridgehead atoms. The van der Waals surface area contributed by atoms with Gasteiger partial charge in [-0.1, -0.05) is 59.8 Å². The van der Waals surface area contributed by atoms with Crippen LogP contribution in [0.3, 0.4) is 0 Å². The molecule has 0 saturated carbocycles. The number of nitrogens with zero attached hydrogens (tertiary/aromatic N) is 6. The second kappa shape index (κ2) is 13.7. The van der Waals surface area contributed by atoms with Gasteiger partial charge in [0.2, 0.25) is 0 Å². The maximum Gasteiger partial charge on any atom is 0.573 e. The Hall–Kier alpha value is -4.82. The van der Waals surface area contributed by atoms with Gasteiger partial charge in [-0.15, -0.1) is 23.4 Å². The van der Waals surface area contributed by atoms with E-state index in [1.165, 1.54) is 33.9 Å². The summed E-state index contributed by atoms with van der Waals surface area (Å²) >= 11 is 0. The first-order valence-electron chi connectivity index (χ1n) is 13.0. The molecule has 2 aromatic heterocycles. The normalized spacial score (nSPS) is 12.9. The molecule has 0 spiro atoms. The molecule has 1 unspecified atom stereocenters. The standard InChI is InChI=1S/C27H28F4N8O3/c1-2-22(19-8-4-3-5-9-19)33-26(41)24-17-39(37-35-24)15-20(28)11-12-38-16-23(34-36-38)25(40)32-14-18-7-6-10-21(13-18)42-27(29,30)31/h3-10,13,16-17,20,22H,2,11-12,14-15H2,1H3,(H,32,40)(H,33,41)/t20?,22-/m0/s1. The monoisotopic (exact) mass is 588 g/mol. The molecule has 2 amide bonds. The lowest BCUT2D eigenvalue weighted by atomic mass is 10.0. The largest absolute Gasteiger partial charge is 0.573 e. The molecule has 15 heteroatoms. The molecule has 2 atom stereocenters. The predicted molar refractivity (Wildman–Crippen MR) is 141 cm³/mol. The molecule has 0 saturated heterocycles. The average Bonchev–Trinajstić information content (AvgIpc) is 3.63. The highest BCUT2D eigenvalue weighted by molar-refractivity contribution is 5.92. The van der Waals surface area contributed by atoms with E-state index in [-0.39, 0.29) is 43.5 Å². The predicted octanol–water partition coefficient (Wildman–Crippen LogP) is 4.01. The highest BCUT2D eigenvalue weighted by Gasteiger charge is 2.31. The molecule has 2 heterocycles. The zero-order valence-corrected chi connectivity index (χ0v) is 22.5. The van der Waals surface area contributed by atoms with E-state index >= 15 is 0 Å². The van der Waals surface area contributed by atoms with E-state index in [1.807, 2.05) is 37.3 Å². The third kappa shape index (κ3) is 8.84. The summed E-state index contributed by atoms with van der Waals surface area (Å²) in [6.07, 6.45) is -2.78. The van der Waals surface area contributed by atoms with Gasteiger partial charge in [-0.05, 0) is 29.7 Å². The molecule has 2 aromatic carbocycles. The number of amides is 2. The van der Waals surface area contributed by atoms with E-state index in [4.69, 9.17) is 0 Å². The molecule has 4 aromatic rings. The molecule has 11 nitrogen and oxygen atoms in total. The first kappa shape index (κ1) is 30.1. The van der Waals surface area contributed by atoms with Crippen molar-refractivity contribution in [1.29, 1.82) is 0 Å². The zero-order valence-electron chi connectivity index (χ0n) is 22.5. The molecule has 42 heavy (non-hydrogen) atoms. The highest BCUT2D eigenvalue weighted by Crippen LogP contribution is 2.23. The van der Waals surface area contributed by atoms with E-state index in [1.54, 1.807) is 0 Å². The van der Waals surface area contributed by atoms with Crippen molar-refractivity contribution in [3.05, 3.63) is 89.5 Å². The van der Waals surface area contributed by atoms with Crippen molar-refractivity contribution >= 4 is 11.8 Å². The second-order valence-corrected chi connectivity index (χ2v) is 9.30. The van der Waals surface area contributed by atoms with E-state index < -0.39 is 30.1 Å². The number of carbonyl (C=O) groups excluding carboxylic acids is 2. The zero-order chi connectivity index (χ0) is 30.1. The van der Waals surface area contributed by atoms with Crippen LogP contribution in [0.15, 0.2) is 67.0 Å². The number of benzene rings is 2. The van der Waals surface area contributed by atoms with Crippen molar-refractivity contribution < 1.29 is 31.9 Å². The van der Waals surface area contributed by atoms with Gasteiger partial charge in [0.25, 0.3) is 11.8 Å². The maximum absolute atomic E-state index is 14.7. The van der Waals surface area contributed by atoms with Gasteiger partial charge in [-0.3, -0.25) is 14.3 Å². The van der Waals surface area contributed by atoms with Gasteiger partial charge < -0.3 is 15.4 Å². The SMILES string of the molecule is CC[C@H](NC(=O)c1cn(CC(F)CCn2cc(C(=O)NCc3cccc(OC(F)(F)F)c3)nn2)nn1)c1ccccc1. The van der Waals surface area contributed by atoms with Crippen LogP contribution in [0.1, 0.15) is 57.9 Å². The minimum absolute atomic E-state index is 0.0176. The van der Waals surface area contributed by atoms with Gasteiger partial charge in [0.1, 0.15) is 11.9 Å². The Morgan fingerprint density at radius 2 is 1.64 bits per heavy atom. The Kier molecular flexibility index (Phi) is 9.83. The lowest BCUT2D eigenvalue weighted by Gasteiger charge is -2.16. The molecule has 0 fully saturated rings. The van der Waals surface area contributed by atoms with Gasteiger partial charge >= 0.3 is 6.36 Å². The summed E-state index contributed by atoms with van der Waals surface area (Å²) in [5, 5.41) is 20.7. The number of carbonyl (C=O) groups is 2. The van der Waals surface area contributed by atoms with Crippen LogP contribution in [0.2, 0.25) is 0 Å². The van der Waals surface area contributed by atoms with Crippen molar-refractivity contribution in [2.45, 2.75) is 58.0 Å². The van der Waals surface area contributed by atoms with Crippen molar-refractivity contribution in [3.8, 4) is 5.75 Å². The molecule has 0 aliphatic rings. The Bertz CT molecular complexity index is 1480. The number of ether oxygens (including phenoxy) is 1. The lowest BCUT2D eigenvalue weighted by molar-refractivity contribution is -0.274. The van der Waals surface area contributed by atoms with Crippen LogP contribution < -0.4 is 15.4 Å². The quantitative estimate of drug-likeness (QED) is 0.226. The van der Waals surface area contributed by atoms with Crippen LogP contribution >= 0.6 is 0 Å². The number of nitrogens with one attached hydrogen (secondary N) is 2. The van der Waals surface area contributed by atoms with Crippen LogP contribution in [0.5, 0.6) is 5.75 Å². The van der Waals surface area contributed by atoms with Crippen molar-refractivity contribution in [2.24, 2.45) is 0 Å². The van der Waals surface area contributed by atoms with Gasteiger partial charge in [-0.2, -0.15) is 0 Å². The number of hydrogen-bond donors (Lipinski definition) is 2. The number of hydrogen-bond acceptors (Lipinski definition) is 7. The fourth-order valence-electron chi connectivity index (χ4n) is 4.03. The highest BCUT2D eigenvalue weighted by atomic mass is 19.4. The fraction of sp³-hybridized carbons (Fsp3) is 0.333. The summed E-state index contributed by atoms with van der Waals surface area (Å²) < 4.78 is 58.3. The average molecular weight is 589 g/mol. The summed E-state index contributed by atoms with van der Waals surface area (Å²) in [6, 6.07) is 14.5. The number of aryl methyl sites for hydroxylation is 1. The first-order chi connectivity index (χ1) is 20.1. The molecule has 0 aliphatic carbocycles. The van der Waals surface area contributed by atoms with E-state index in [0.717, 1.165) is 17.7 Å². The third-order valence-corrected chi connectivity index (χ3v) is 6.10. The minimum Gasteiger partial charge on any atom is -0.406 e. The number of rotatable bonds is 13. The van der Waals surface area contributed by atoms with E-state index in [0.29, 0.717) is 12.0 Å². The summed E-state index contributed by atoms with van der Waals surface area (Å²) in [5.74, 6) is -1.42. The van der Waals surface area contributed by atoms with Crippen LogP contribution in [-0.2, 0) is 19.6 Å². The molecular formula is C27H28F4N8O3. The Morgan fingerprint density at radius 3 is 2.36 bits per heavy atom. The van der Waals surface area contributed by atoms with E-state index in [2.05, 4.69) is 36.0 Å². The molecule has 0 radical (unpaired) electrons. The molecule has 222 valence electrons.